The van der Waals surface area contributed by atoms with E-state index in [1.54, 1.807) is 0 Å². The standard InChI is InChI=1S/C19H30O3/c1-18-8-7-12(20)9-11(18)3-4-13-14-5-6-16(22)19(14,2)10-15(21)17(13)18/h11,13-17,21-22H,3-10H2,1-2H3/t11-,13-,14-,15-,16?,17+,18-,19-/m0/s1. The number of carbonyl (C=O) groups excluding carboxylic acids is 1. The molecule has 0 aliphatic heterocycles. The van der Waals surface area contributed by atoms with E-state index >= 15 is 0 Å². The van der Waals surface area contributed by atoms with Gasteiger partial charge in [-0.2, -0.15) is 0 Å². The fourth-order valence-corrected chi connectivity index (χ4v) is 7.14. The van der Waals surface area contributed by atoms with Gasteiger partial charge in [0.15, 0.2) is 0 Å². The Morgan fingerprint density at radius 2 is 1.82 bits per heavy atom. The third kappa shape index (κ3) is 1.84. The Morgan fingerprint density at radius 1 is 1.05 bits per heavy atom. The van der Waals surface area contributed by atoms with Gasteiger partial charge in [0.05, 0.1) is 12.2 Å². The Morgan fingerprint density at radius 3 is 2.59 bits per heavy atom. The summed E-state index contributed by atoms with van der Waals surface area (Å²) < 4.78 is 0. The maximum atomic E-state index is 11.9. The zero-order valence-corrected chi connectivity index (χ0v) is 13.9. The molecule has 4 saturated carbocycles. The molecule has 0 aromatic carbocycles. The van der Waals surface area contributed by atoms with Gasteiger partial charge in [-0.25, -0.2) is 0 Å². The summed E-state index contributed by atoms with van der Waals surface area (Å²) in [5.41, 5.74) is 0.0411. The van der Waals surface area contributed by atoms with Gasteiger partial charge in [0, 0.05) is 12.8 Å². The van der Waals surface area contributed by atoms with E-state index in [1.807, 2.05) is 0 Å². The average Bonchev–Trinajstić information content (AvgIpc) is 2.75. The Labute approximate surface area is 133 Å². The van der Waals surface area contributed by atoms with Crippen molar-refractivity contribution in [2.45, 2.75) is 77.4 Å². The molecule has 2 N–H and O–H groups in total. The summed E-state index contributed by atoms with van der Waals surface area (Å²) in [6, 6.07) is 0. The van der Waals surface area contributed by atoms with Crippen LogP contribution in [0.5, 0.6) is 0 Å². The lowest BCUT2D eigenvalue weighted by Crippen LogP contribution is -2.59. The van der Waals surface area contributed by atoms with E-state index in [9.17, 15) is 15.0 Å². The monoisotopic (exact) mass is 306 g/mol. The fourth-order valence-electron chi connectivity index (χ4n) is 7.14. The maximum absolute atomic E-state index is 11.9. The number of ketones is 1. The summed E-state index contributed by atoms with van der Waals surface area (Å²) in [4.78, 5) is 11.9. The molecule has 4 aliphatic rings. The molecule has 1 unspecified atom stereocenters. The molecule has 0 radical (unpaired) electrons. The lowest BCUT2D eigenvalue weighted by Gasteiger charge is -2.61. The van der Waals surface area contributed by atoms with Crippen LogP contribution < -0.4 is 0 Å². The molecule has 22 heavy (non-hydrogen) atoms. The number of carbonyl (C=O) groups is 1. The summed E-state index contributed by atoms with van der Waals surface area (Å²) in [6.45, 7) is 4.55. The molecule has 124 valence electrons. The van der Waals surface area contributed by atoms with Crippen LogP contribution in [0, 0.1) is 34.5 Å². The van der Waals surface area contributed by atoms with Gasteiger partial charge in [-0.15, -0.1) is 0 Å². The van der Waals surface area contributed by atoms with Crippen molar-refractivity contribution >= 4 is 5.78 Å². The normalized spacial score (nSPS) is 57.9. The molecular weight excluding hydrogens is 276 g/mol. The number of hydrogen-bond donors (Lipinski definition) is 2. The molecule has 0 aromatic heterocycles. The molecule has 4 aliphatic carbocycles. The van der Waals surface area contributed by atoms with Crippen LogP contribution in [0.4, 0.5) is 0 Å². The Balaban J connectivity index is 1.69. The van der Waals surface area contributed by atoms with Crippen molar-refractivity contribution in [3.63, 3.8) is 0 Å². The van der Waals surface area contributed by atoms with Crippen molar-refractivity contribution in [2.24, 2.45) is 34.5 Å². The van der Waals surface area contributed by atoms with Gasteiger partial charge in [-0.3, -0.25) is 4.79 Å². The highest BCUT2D eigenvalue weighted by molar-refractivity contribution is 5.79. The van der Waals surface area contributed by atoms with E-state index in [-0.39, 0.29) is 23.0 Å². The minimum atomic E-state index is -0.306. The van der Waals surface area contributed by atoms with Crippen LogP contribution in [0.1, 0.15) is 65.2 Å². The zero-order valence-electron chi connectivity index (χ0n) is 13.9. The molecule has 0 amide bonds. The predicted molar refractivity (Wildman–Crippen MR) is 84.1 cm³/mol. The van der Waals surface area contributed by atoms with Gasteiger partial charge >= 0.3 is 0 Å². The molecule has 4 fully saturated rings. The summed E-state index contributed by atoms with van der Waals surface area (Å²) in [5, 5.41) is 21.5. The van der Waals surface area contributed by atoms with Gasteiger partial charge in [-0.1, -0.05) is 13.8 Å². The van der Waals surface area contributed by atoms with Crippen LogP contribution in [-0.4, -0.2) is 28.2 Å². The largest absolute Gasteiger partial charge is 0.393 e. The molecule has 0 heterocycles. The average molecular weight is 306 g/mol. The second-order valence-corrected chi connectivity index (χ2v) is 9.19. The first-order valence-corrected chi connectivity index (χ1v) is 9.24. The van der Waals surface area contributed by atoms with E-state index in [4.69, 9.17) is 0 Å². The predicted octanol–water partition coefficient (Wildman–Crippen LogP) is 2.93. The first-order valence-electron chi connectivity index (χ1n) is 9.24. The molecule has 0 bridgehead atoms. The summed E-state index contributed by atoms with van der Waals surface area (Å²) in [5.74, 6) is 2.34. The van der Waals surface area contributed by atoms with Crippen LogP contribution in [0.3, 0.4) is 0 Å². The van der Waals surface area contributed by atoms with E-state index < -0.39 is 0 Å². The highest BCUT2D eigenvalue weighted by Crippen LogP contribution is 2.65. The number of rotatable bonds is 0. The number of fused-ring (bicyclic) bond motifs is 5. The summed E-state index contributed by atoms with van der Waals surface area (Å²) >= 11 is 0. The molecular formula is C19H30O3. The highest BCUT2D eigenvalue weighted by atomic mass is 16.3. The lowest BCUT2D eigenvalue weighted by molar-refractivity contribution is -0.177. The van der Waals surface area contributed by atoms with Crippen LogP contribution >= 0.6 is 0 Å². The lowest BCUT2D eigenvalue weighted by atomic mass is 9.44. The third-order valence-electron chi connectivity index (χ3n) is 8.36. The second-order valence-electron chi connectivity index (χ2n) is 9.19. The van der Waals surface area contributed by atoms with Crippen LogP contribution in [0.25, 0.3) is 0 Å². The van der Waals surface area contributed by atoms with E-state index in [1.165, 1.54) is 0 Å². The minimum absolute atomic E-state index is 0.0890. The number of aliphatic hydroxyl groups is 2. The zero-order chi connectivity index (χ0) is 15.7. The van der Waals surface area contributed by atoms with Crippen LogP contribution in [-0.2, 0) is 4.79 Å². The third-order valence-corrected chi connectivity index (χ3v) is 8.36. The van der Waals surface area contributed by atoms with Crippen molar-refractivity contribution < 1.29 is 15.0 Å². The van der Waals surface area contributed by atoms with Gasteiger partial charge in [0.2, 0.25) is 0 Å². The number of aliphatic hydroxyl groups excluding tert-OH is 2. The molecule has 4 rings (SSSR count). The van der Waals surface area contributed by atoms with Crippen LogP contribution in [0.15, 0.2) is 0 Å². The molecule has 3 heteroatoms. The number of hydrogen-bond acceptors (Lipinski definition) is 3. The second kappa shape index (κ2) is 4.80. The molecule has 0 aromatic rings. The molecule has 0 spiro atoms. The SMILES string of the molecule is C[C@]12CCC(=O)C[C@@H]1CC[C@@H]1[C@@H]2[C@@H](O)C[C@]2(C)C(O)CC[C@@H]12. The minimum Gasteiger partial charge on any atom is -0.393 e. The van der Waals surface area contributed by atoms with Gasteiger partial charge in [0.1, 0.15) is 5.78 Å². The topological polar surface area (TPSA) is 57.5 Å². The molecule has 0 saturated heterocycles. The van der Waals surface area contributed by atoms with Gasteiger partial charge < -0.3 is 10.2 Å². The maximum Gasteiger partial charge on any atom is 0.133 e. The van der Waals surface area contributed by atoms with Crippen molar-refractivity contribution in [3.8, 4) is 0 Å². The molecule has 8 atom stereocenters. The van der Waals surface area contributed by atoms with Gasteiger partial charge in [0.25, 0.3) is 0 Å². The Bertz CT molecular complexity index is 489. The van der Waals surface area contributed by atoms with Crippen LogP contribution in [0.2, 0.25) is 0 Å². The Kier molecular flexibility index (Phi) is 3.30. The van der Waals surface area contributed by atoms with E-state index in [0.717, 1.165) is 44.9 Å². The van der Waals surface area contributed by atoms with Crippen molar-refractivity contribution in [1.82, 2.24) is 0 Å². The fraction of sp³-hybridized carbons (Fsp3) is 0.947. The van der Waals surface area contributed by atoms with Crippen molar-refractivity contribution in [1.29, 1.82) is 0 Å². The summed E-state index contributed by atoms with van der Waals surface area (Å²) in [7, 11) is 0. The molecule has 3 nitrogen and oxygen atoms in total. The number of Topliss-reactive ketones (excluding diaryl/α,β-unsaturated/α-hetero) is 1. The summed E-state index contributed by atoms with van der Waals surface area (Å²) in [6.07, 6.45) is 6.88. The van der Waals surface area contributed by atoms with E-state index in [2.05, 4.69) is 13.8 Å². The first-order chi connectivity index (χ1) is 10.4. The van der Waals surface area contributed by atoms with E-state index in [0.29, 0.717) is 35.9 Å². The quantitative estimate of drug-likeness (QED) is 0.723. The van der Waals surface area contributed by atoms with Gasteiger partial charge in [-0.05, 0) is 73.0 Å². The van der Waals surface area contributed by atoms with Crippen molar-refractivity contribution in [2.75, 3.05) is 0 Å². The highest BCUT2D eigenvalue weighted by Gasteiger charge is 2.62. The Hall–Kier alpha value is -0.410. The smallest absolute Gasteiger partial charge is 0.133 e. The first kappa shape index (κ1) is 15.1. The van der Waals surface area contributed by atoms with Crippen molar-refractivity contribution in [3.05, 3.63) is 0 Å².